The Morgan fingerprint density at radius 3 is 1.66 bits per heavy atom. The molecule has 19 heteroatoms. The van der Waals surface area contributed by atoms with Crippen molar-refractivity contribution < 1.29 is 47.6 Å². The van der Waals surface area contributed by atoms with Gasteiger partial charge < -0.3 is 50.1 Å². The van der Waals surface area contributed by atoms with E-state index in [9.17, 15) is 38.2 Å². The molecule has 0 aliphatic carbocycles. The summed E-state index contributed by atoms with van der Waals surface area (Å²) in [6, 6.07) is 5.49. The fourth-order valence-electron chi connectivity index (χ4n) is 6.07. The van der Waals surface area contributed by atoms with Crippen molar-refractivity contribution in [2.75, 3.05) is 39.4 Å². The van der Waals surface area contributed by atoms with Gasteiger partial charge in [0.25, 0.3) is 23.6 Å². The lowest BCUT2D eigenvalue weighted by Gasteiger charge is -2.34. The lowest BCUT2D eigenvalue weighted by atomic mass is 10.0. The summed E-state index contributed by atoms with van der Waals surface area (Å²) in [4.78, 5) is 57.6. The summed E-state index contributed by atoms with van der Waals surface area (Å²) in [6.07, 6.45) is 9.96. The van der Waals surface area contributed by atoms with E-state index in [1.807, 2.05) is 0 Å². The van der Waals surface area contributed by atoms with Crippen molar-refractivity contribution in [2.24, 2.45) is 11.5 Å². The summed E-state index contributed by atoms with van der Waals surface area (Å²) in [5.41, 5.74) is 8.31. The number of carbonyl (C=O) groups excluding carboxylic acids is 4. The number of carbonyl (C=O) groups is 4. The van der Waals surface area contributed by atoms with Gasteiger partial charge in [0.05, 0.1) is 34.3 Å². The van der Waals surface area contributed by atoms with Crippen LogP contribution in [-0.2, 0) is 22.7 Å². The summed E-state index contributed by atoms with van der Waals surface area (Å²) in [6.45, 7) is 6.78. The number of rotatable bonds is 4. The number of ether oxygens (including phenoxy) is 2. The van der Waals surface area contributed by atoms with Crippen molar-refractivity contribution in [1.82, 2.24) is 28.9 Å². The van der Waals surface area contributed by atoms with Crippen molar-refractivity contribution in [3.63, 3.8) is 0 Å². The number of likely N-dealkylation sites (tertiary alicyclic amines) is 2. The van der Waals surface area contributed by atoms with Crippen molar-refractivity contribution in [3.8, 4) is 58.5 Å². The van der Waals surface area contributed by atoms with Crippen LogP contribution in [0.3, 0.4) is 0 Å². The highest BCUT2D eigenvalue weighted by Gasteiger charge is 2.36. The molecule has 2 aromatic heterocycles. The number of primary amides is 2. The monoisotopic (exact) mass is 876 g/mol. The van der Waals surface area contributed by atoms with Crippen LogP contribution < -0.4 is 20.9 Å². The molecule has 6 N–H and O–H groups in total. The highest BCUT2D eigenvalue weighted by molar-refractivity contribution is 9.10. The van der Waals surface area contributed by atoms with E-state index in [1.165, 1.54) is 43.1 Å². The number of amides is 4. The first-order chi connectivity index (χ1) is 27.9. The third kappa shape index (κ3) is 9.07. The summed E-state index contributed by atoms with van der Waals surface area (Å²) in [5.74, 6) is 5.51. The number of halogens is 3. The molecule has 2 unspecified atom stereocenters. The Bertz CT molecular complexity index is 2450. The third-order valence-corrected chi connectivity index (χ3v) is 10.3. The molecule has 4 aromatic rings. The molecule has 4 aliphatic heterocycles. The van der Waals surface area contributed by atoms with Gasteiger partial charge in [0.1, 0.15) is 59.4 Å². The molecule has 0 radical (unpaired) electrons. The van der Waals surface area contributed by atoms with Crippen molar-refractivity contribution >= 4 is 39.6 Å². The van der Waals surface area contributed by atoms with E-state index in [-0.39, 0.29) is 35.2 Å². The van der Waals surface area contributed by atoms with E-state index < -0.39 is 40.6 Å². The highest BCUT2D eigenvalue weighted by atomic mass is 79.9. The maximum atomic E-state index is 14.6. The van der Waals surface area contributed by atoms with Gasteiger partial charge in [0, 0.05) is 50.7 Å². The number of aliphatic hydroxyl groups is 2. The van der Waals surface area contributed by atoms with E-state index in [1.54, 1.807) is 26.3 Å². The van der Waals surface area contributed by atoms with E-state index in [0.717, 1.165) is 25.9 Å². The number of imidazole rings is 2. The zero-order valence-electron chi connectivity index (χ0n) is 31.9. The zero-order valence-corrected chi connectivity index (χ0v) is 33.5. The molecule has 2 saturated heterocycles. The molecule has 2 aromatic carbocycles. The van der Waals surface area contributed by atoms with Crippen LogP contribution in [0.1, 0.15) is 53.2 Å². The first kappa shape index (κ1) is 42.3. The standard InChI is InChI=1S/C20H19FN4O4.C12H9BrFN3O2.C8H11NO2/c1-20(28,19(27)24-5-2-6-24)4-3-12-9-13-16(10-14(12)21)29-8-7-25-11-15(17(22)26)23-18(13)25;13-7-3-6-10(4-8(7)14)19-2-1-17-5-9(11(15)18)16-12(6)17;1-3-8(2,11)7(10)9-5-4-6-9/h9-11,28H,2,5-8H2,1H3,(H2,22,26);3-5H,1-2H2,(H2,15,18);1,11H,4-6H2,2H3. The van der Waals surface area contributed by atoms with Crippen molar-refractivity contribution in [2.45, 2.75) is 51.0 Å². The van der Waals surface area contributed by atoms with Crippen LogP contribution in [-0.4, -0.2) is 113 Å². The van der Waals surface area contributed by atoms with Gasteiger partial charge in [0.15, 0.2) is 0 Å². The van der Waals surface area contributed by atoms with Crippen LogP contribution in [0.2, 0.25) is 0 Å². The summed E-state index contributed by atoms with van der Waals surface area (Å²) >= 11 is 3.13. The molecule has 0 saturated carbocycles. The molecule has 59 heavy (non-hydrogen) atoms. The lowest BCUT2D eigenvalue weighted by Crippen LogP contribution is -2.52. The fourth-order valence-corrected chi connectivity index (χ4v) is 6.42. The minimum Gasteiger partial charge on any atom is -0.491 e. The number of nitrogens with zero attached hydrogens (tertiary/aromatic N) is 6. The second-order valence-electron chi connectivity index (χ2n) is 14.1. The molecule has 16 nitrogen and oxygen atoms in total. The van der Waals surface area contributed by atoms with Crippen LogP contribution in [0, 0.1) is 35.8 Å². The Kier molecular flexibility index (Phi) is 12.1. The average molecular weight is 878 g/mol. The molecular weight excluding hydrogens is 838 g/mol. The van der Waals surface area contributed by atoms with E-state index in [2.05, 4.69) is 43.7 Å². The maximum absolute atomic E-state index is 14.6. The molecule has 0 bridgehead atoms. The summed E-state index contributed by atoms with van der Waals surface area (Å²) in [7, 11) is 0. The predicted molar refractivity (Wildman–Crippen MR) is 210 cm³/mol. The Morgan fingerprint density at radius 2 is 1.22 bits per heavy atom. The van der Waals surface area contributed by atoms with Crippen LogP contribution in [0.4, 0.5) is 8.78 Å². The van der Waals surface area contributed by atoms with Gasteiger partial charge >= 0.3 is 0 Å². The quantitative estimate of drug-likeness (QED) is 0.219. The number of benzene rings is 2. The van der Waals surface area contributed by atoms with E-state index >= 15 is 0 Å². The molecular formula is C40H39BrF2N8O8. The SMILES string of the molecule is C#CC(C)(O)C(=O)N1CCC1.CC(O)(C#Cc1cc2c(cc1F)OCCn1cc(C(N)=O)nc1-2)C(=O)N1CCC1.NC(=O)c1cn2c(n1)-c1cc(Br)c(F)cc1OCC2. The zero-order chi connectivity index (χ0) is 42.8. The maximum Gasteiger partial charge on any atom is 0.268 e. The fraction of sp³-hybridized carbons (Fsp3) is 0.350. The van der Waals surface area contributed by atoms with Gasteiger partial charge in [-0.2, -0.15) is 0 Å². The largest absolute Gasteiger partial charge is 0.491 e. The molecule has 8 rings (SSSR count). The summed E-state index contributed by atoms with van der Waals surface area (Å²) in [5, 5.41) is 19.7. The Labute approximate surface area is 345 Å². The molecule has 0 spiro atoms. The Morgan fingerprint density at radius 1 is 0.763 bits per heavy atom. The smallest absolute Gasteiger partial charge is 0.268 e. The van der Waals surface area contributed by atoms with E-state index in [4.69, 9.17) is 27.4 Å². The second kappa shape index (κ2) is 16.9. The van der Waals surface area contributed by atoms with Gasteiger partial charge in [-0.1, -0.05) is 17.8 Å². The van der Waals surface area contributed by atoms with Gasteiger partial charge in [0.2, 0.25) is 11.2 Å². The van der Waals surface area contributed by atoms with Gasteiger partial charge in [-0.05, 0) is 54.8 Å². The number of aromatic nitrogens is 4. The first-order valence-corrected chi connectivity index (χ1v) is 19.1. The minimum absolute atomic E-state index is 0.0268. The van der Waals surface area contributed by atoms with Crippen LogP contribution >= 0.6 is 15.9 Å². The molecule has 308 valence electrons. The average Bonchev–Trinajstić information content (AvgIpc) is 3.69. The summed E-state index contributed by atoms with van der Waals surface area (Å²) < 4.78 is 43.0. The Hall–Kier alpha value is -6.28. The van der Waals surface area contributed by atoms with Gasteiger partial charge in [-0.15, -0.1) is 6.42 Å². The number of hydrogen-bond donors (Lipinski definition) is 4. The highest BCUT2D eigenvalue weighted by Crippen LogP contribution is 2.36. The van der Waals surface area contributed by atoms with Crippen LogP contribution in [0.25, 0.3) is 22.8 Å². The second-order valence-corrected chi connectivity index (χ2v) is 15.0. The number of hydrogen-bond acceptors (Lipinski definition) is 10. The topological polar surface area (TPSA) is 221 Å². The van der Waals surface area contributed by atoms with Crippen LogP contribution in [0.5, 0.6) is 11.5 Å². The molecule has 4 amide bonds. The first-order valence-electron chi connectivity index (χ1n) is 18.3. The van der Waals surface area contributed by atoms with Crippen molar-refractivity contribution in [1.29, 1.82) is 0 Å². The van der Waals surface area contributed by atoms with Crippen molar-refractivity contribution in [3.05, 3.63) is 69.7 Å². The normalized spacial score (nSPS) is 16.4. The number of fused-ring (bicyclic) bond motifs is 6. The molecule has 6 heterocycles. The predicted octanol–water partition coefficient (Wildman–Crippen LogP) is 2.06. The number of nitrogens with two attached hydrogens (primary N) is 2. The van der Waals surface area contributed by atoms with Crippen LogP contribution in [0.15, 0.2) is 41.1 Å². The lowest BCUT2D eigenvalue weighted by molar-refractivity contribution is -0.148. The molecule has 4 aliphatic rings. The minimum atomic E-state index is -1.92. The Balaban J connectivity index is 0.000000166. The van der Waals surface area contributed by atoms with E-state index in [0.29, 0.717) is 65.8 Å². The van der Waals surface area contributed by atoms with Gasteiger partial charge in [-0.25, -0.2) is 18.7 Å². The molecule has 2 fully saturated rings. The number of terminal acetylenes is 1. The third-order valence-electron chi connectivity index (χ3n) is 9.65. The van der Waals surface area contributed by atoms with Gasteiger partial charge in [-0.3, -0.25) is 19.2 Å². The molecule has 2 atom stereocenters.